The minimum absolute atomic E-state index is 0.0968. The van der Waals surface area contributed by atoms with Crippen LogP contribution in [0.15, 0.2) is 12.1 Å². The smallest absolute Gasteiger partial charge is 0.410 e. The van der Waals surface area contributed by atoms with Gasteiger partial charge in [0.1, 0.15) is 5.60 Å². The molecule has 104 valence electrons. The first-order chi connectivity index (χ1) is 8.76. The zero-order valence-electron chi connectivity index (χ0n) is 11.7. The Balaban J connectivity index is 1.89. The van der Waals surface area contributed by atoms with Crippen LogP contribution in [0, 0.1) is 0 Å². The fourth-order valence-electron chi connectivity index (χ4n) is 1.90. The highest BCUT2D eigenvalue weighted by atomic mass is 32.1. The lowest BCUT2D eigenvalue weighted by Gasteiger charge is -2.39. The molecule has 2 rings (SSSR count). The SMILES string of the molecule is CC(=O)c1ccc(C2CN(C(=O)OC(C)(C)C)C2)s1. The Labute approximate surface area is 117 Å². The van der Waals surface area contributed by atoms with Gasteiger partial charge < -0.3 is 9.64 Å². The number of ether oxygens (including phenoxy) is 1. The first kappa shape index (κ1) is 14.1. The molecule has 0 saturated carbocycles. The quantitative estimate of drug-likeness (QED) is 0.781. The Morgan fingerprint density at radius 1 is 1.32 bits per heavy atom. The first-order valence-corrected chi connectivity index (χ1v) is 7.16. The number of hydrogen-bond donors (Lipinski definition) is 0. The van der Waals surface area contributed by atoms with Gasteiger partial charge in [-0.25, -0.2) is 4.79 Å². The number of rotatable bonds is 2. The summed E-state index contributed by atoms with van der Waals surface area (Å²) in [6, 6.07) is 3.84. The zero-order chi connectivity index (χ0) is 14.2. The van der Waals surface area contributed by atoms with E-state index in [2.05, 4.69) is 0 Å². The maximum Gasteiger partial charge on any atom is 0.410 e. The lowest BCUT2D eigenvalue weighted by molar-refractivity contribution is 0.00845. The van der Waals surface area contributed by atoms with Gasteiger partial charge in [0.2, 0.25) is 0 Å². The van der Waals surface area contributed by atoms with E-state index < -0.39 is 5.60 Å². The molecule has 1 aliphatic heterocycles. The highest BCUT2D eigenvalue weighted by Crippen LogP contribution is 2.33. The van der Waals surface area contributed by atoms with Gasteiger partial charge in [0, 0.05) is 23.9 Å². The summed E-state index contributed by atoms with van der Waals surface area (Å²) in [5.41, 5.74) is -0.451. The van der Waals surface area contributed by atoms with Gasteiger partial charge >= 0.3 is 6.09 Å². The van der Waals surface area contributed by atoms with Crippen LogP contribution in [-0.2, 0) is 4.74 Å². The minimum Gasteiger partial charge on any atom is -0.444 e. The zero-order valence-corrected chi connectivity index (χ0v) is 12.5. The summed E-state index contributed by atoms with van der Waals surface area (Å²) in [4.78, 5) is 26.7. The van der Waals surface area contributed by atoms with Crippen LogP contribution in [0.1, 0.15) is 48.2 Å². The summed E-state index contributed by atoms with van der Waals surface area (Å²) in [7, 11) is 0. The third-order valence-electron chi connectivity index (χ3n) is 2.91. The van der Waals surface area contributed by atoms with Gasteiger partial charge in [-0.1, -0.05) is 0 Å². The molecule has 1 aromatic rings. The molecule has 0 unspecified atom stereocenters. The number of thiophene rings is 1. The molecule has 4 nitrogen and oxygen atoms in total. The van der Waals surface area contributed by atoms with Crippen LogP contribution in [0.25, 0.3) is 0 Å². The number of carbonyl (C=O) groups excluding carboxylic acids is 2. The Bertz CT molecular complexity index is 495. The fraction of sp³-hybridized carbons (Fsp3) is 0.571. The molecule has 1 aromatic heterocycles. The van der Waals surface area contributed by atoms with Crippen molar-refractivity contribution in [1.29, 1.82) is 0 Å². The summed E-state index contributed by atoms with van der Waals surface area (Å²) in [5.74, 6) is 0.435. The van der Waals surface area contributed by atoms with E-state index in [-0.39, 0.29) is 11.9 Å². The number of likely N-dealkylation sites (tertiary alicyclic amines) is 1. The second-order valence-electron chi connectivity index (χ2n) is 5.84. The average molecular weight is 281 g/mol. The molecule has 0 bridgehead atoms. The molecule has 1 fully saturated rings. The highest BCUT2D eigenvalue weighted by Gasteiger charge is 2.35. The van der Waals surface area contributed by atoms with Crippen LogP contribution >= 0.6 is 11.3 Å². The van der Waals surface area contributed by atoms with E-state index in [9.17, 15) is 9.59 Å². The summed E-state index contributed by atoms with van der Waals surface area (Å²) in [5, 5.41) is 0. The highest BCUT2D eigenvalue weighted by molar-refractivity contribution is 7.14. The minimum atomic E-state index is -0.451. The number of hydrogen-bond acceptors (Lipinski definition) is 4. The Hall–Kier alpha value is -1.36. The molecule has 0 spiro atoms. The third-order valence-corrected chi connectivity index (χ3v) is 4.26. The molecule has 1 aliphatic rings. The molecule has 0 N–H and O–H groups in total. The van der Waals surface area contributed by atoms with Gasteiger partial charge in [-0.05, 0) is 39.8 Å². The van der Waals surface area contributed by atoms with Gasteiger partial charge in [-0.3, -0.25) is 4.79 Å². The summed E-state index contributed by atoms with van der Waals surface area (Å²) in [6.45, 7) is 8.50. The molecular formula is C14H19NO3S. The number of amides is 1. The standard InChI is InChI=1S/C14H19NO3S/c1-9(16)11-5-6-12(19-11)10-7-15(8-10)13(17)18-14(2,3)4/h5-6,10H,7-8H2,1-4H3. The summed E-state index contributed by atoms with van der Waals surface area (Å²) in [6.07, 6.45) is -0.257. The van der Waals surface area contributed by atoms with E-state index in [4.69, 9.17) is 4.74 Å². The normalized spacial score (nSPS) is 16.1. The largest absolute Gasteiger partial charge is 0.444 e. The molecule has 0 aromatic carbocycles. The molecule has 1 amide bonds. The van der Waals surface area contributed by atoms with Crippen LogP contribution in [-0.4, -0.2) is 35.5 Å². The van der Waals surface area contributed by atoms with Crippen LogP contribution in [0.5, 0.6) is 0 Å². The van der Waals surface area contributed by atoms with Gasteiger partial charge in [0.25, 0.3) is 0 Å². The van der Waals surface area contributed by atoms with E-state index in [0.29, 0.717) is 19.0 Å². The van der Waals surface area contributed by atoms with E-state index >= 15 is 0 Å². The van der Waals surface area contributed by atoms with Crippen LogP contribution in [0.3, 0.4) is 0 Å². The fourth-order valence-corrected chi connectivity index (χ4v) is 2.88. The van der Waals surface area contributed by atoms with Gasteiger partial charge in [-0.2, -0.15) is 0 Å². The average Bonchev–Trinajstić information content (AvgIpc) is 2.61. The van der Waals surface area contributed by atoms with Crippen LogP contribution in [0.2, 0.25) is 0 Å². The molecule has 1 saturated heterocycles. The van der Waals surface area contributed by atoms with E-state index in [1.165, 1.54) is 16.2 Å². The van der Waals surface area contributed by atoms with Crippen molar-refractivity contribution >= 4 is 23.2 Å². The predicted octanol–water partition coefficient (Wildman–Crippen LogP) is 3.29. The monoisotopic (exact) mass is 281 g/mol. The first-order valence-electron chi connectivity index (χ1n) is 6.35. The molecule has 5 heteroatoms. The molecule has 0 atom stereocenters. The third kappa shape index (κ3) is 3.35. The molecule has 0 radical (unpaired) electrons. The molecule has 0 aliphatic carbocycles. The Kier molecular flexibility index (Phi) is 3.67. The van der Waals surface area contributed by atoms with Gasteiger partial charge in [0.15, 0.2) is 5.78 Å². The van der Waals surface area contributed by atoms with Crippen molar-refractivity contribution in [1.82, 2.24) is 4.90 Å². The lowest BCUT2D eigenvalue weighted by atomic mass is 9.99. The number of Topliss-reactive ketones (excluding diaryl/α,β-unsaturated/α-hetero) is 1. The van der Waals surface area contributed by atoms with Crippen LogP contribution < -0.4 is 0 Å². The Morgan fingerprint density at radius 3 is 2.42 bits per heavy atom. The second-order valence-corrected chi connectivity index (χ2v) is 6.96. The van der Waals surface area contributed by atoms with Crippen molar-refractivity contribution in [3.05, 3.63) is 21.9 Å². The van der Waals surface area contributed by atoms with Crippen molar-refractivity contribution < 1.29 is 14.3 Å². The second kappa shape index (κ2) is 4.96. The number of carbonyl (C=O) groups is 2. The molecule has 19 heavy (non-hydrogen) atoms. The predicted molar refractivity (Wildman–Crippen MR) is 74.9 cm³/mol. The molecular weight excluding hydrogens is 262 g/mol. The van der Waals surface area contributed by atoms with Gasteiger partial charge in [0.05, 0.1) is 4.88 Å². The van der Waals surface area contributed by atoms with E-state index in [1.54, 1.807) is 11.8 Å². The lowest BCUT2D eigenvalue weighted by Crippen LogP contribution is -2.50. The van der Waals surface area contributed by atoms with Gasteiger partial charge in [-0.15, -0.1) is 11.3 Å². The van der Waals surface area contributed by atoms with E-state index in [0.717, 1.165) is 4.88 Å². The topological polar surface area (TPSA) is 46.6 Å². The maximum absolute atomic E-state index is 11.8. The number of ketones is 1. The summed E-state index contributed by atoms with van der Waals surface area (Å²) < 4.78 is 5.31. The van der Waals surface area contributed by atoms with E-state index in [1.807, 2.05) is 32.9 Å². The molecule has 2 heterocycles. The van der Waals surface area contributed by atoms with Crippen LogP contribution in [0.4, 0.5) is 4.79 Å². The van der Waals surface area contributed by atoms with Crippen molar-refractivity contribution in [2.24, 2.45) is 0 Å². The summed E-state index contributed by atoms with van der Waals surface area (Å²) >= 11 is 1.52. The Morgan fingerprint density at radius 2 is 1.95 bits per heavy atom. The van der Waals surface area contributed by atoms with Crippen molar-refractivity contribution in [3.63, 3.8) is 0 Å². The van der Waals surface area contributed by atoms with Crippen molar-refractivity contribution in [3.8, 4) is 0 Å². The van der Waals surface area contributed by atoms with Crippen molar-refractivity contribution in [2.45, 2.75) is 39.2 Å². The van der Waals surface area contributed by atoms with Crippen molar-refractivity contribution in [2.75, 3.05) is 13.1 Å². The number of nitrogens with zero attached hydrogens (tertiary/aromatic N) is 1. The maximum atomic E-state index is 11.8.